The van der Waals surface area contributed by atoms with Crippen LogP contribution in [0.2, 0.25) is 0 Å². The average molecular weight is 285 g/mol. The Bertz CT molecular complexity index is 620. The molecule has 0 radical (unpaired) electrons. The lowest BCUT2D eigenvalue weighted by molar-refractivity contribution is 0.451. The van der Waals surface area contributed by atoms with E-state index in [2.05, 4.69) is 29.0 Å². The van der Waals surface area contributed by atoms with Gasteiger partial charge in [0, 0.05) is 24.8 Å². The Morgan fingerprint density at radius 1 is 0.905 bits per heavy atom. The van der Waals surface area contributed by atoms with Crippen molar-refractivity contribution in [3.8, 4) is 11.5 Å². The molecule has 0 amide bonds. The van der Waals surface area contributed by atoms with Crippen LogP contribution in [0.4, 0.5) is 17.1 Å². The van der Waals surface area contributed by atoms with Gasteiger partial charge in [0.1, 0.15) is 17.2 Å². The fourth-order valence-corrected chi connectivity index (χ4v) is 2.03. The molecule has 0 aliphatic carbocycles. The molecule has 0 heterocycles. The van der Waals surface area contributed by atoms with Gasteiger partial charge < -0.3 is 15.1 Å². The van der Waals surface area contributed by atoms with E-state index < -0.39 is 0 Å². The van der Waals surface area contributed by atoms with Crippen LogP contribution < -0.4 is 4.90 Å². The summed E-state index contributed by atoms with van der Waals surface area (Å²) in [5.41, 5.74) is 2.17. The highest BCUT2D eigenvalue weighted by Crippen LogP contribution is 2.31. The van der Waals surface area contributed by atoms with Crippen molar-refractivity contribution >= 4 is 17.1 Å². The Balaban J connectivity index is 2.14. The van der Waals surface area contributed by atoms with Gasteiger partial charge in [-0.15, -0.1) is 5.11 Å². The van der Waals surface area contributed by atoms with Crippen LogP contribution in [0.3, 0.4) is 0 Å². The van der Waals surface area contributed by atoms with Crippen LogP contribution >= 0.6 is 0 Å². The molecule has 21 heavy (non-hydrogen) atoms. The zero-order valence-corrected chi connectivity index (χ0v) is 12.2. The molecule has 2 N–H and O–H groups in total. The van der Waals surface area contributed by atoms with Crippen molar-refractivity contribution in [2.75, 3.05) is 18.0 Å². The van der Waals surface area contributed by atoms with Crippen molar-refractivity contribution in [2.45, 2.75) is 13.8 Å². The Morgan fingerprint density at radius 3 is 2.14 bits per heavy atom. The van der Waals surface area contributed by atoms with Crippen LogP contribution in [0, 0.1) is 0 Å². The summed E-state index contributed by atoms with van der Waals surface area (Å²) in [6.07, 6.45) is 0. The molecule has 2 rings (SSSR count). The predicted octanol–water partition coefficient (Wildman–Crippen LogP) is 4.36. The molecule has 0 saturated heterocycles. The Morgan fingerprint density at radius 2 is 1.57 bits per heavy atom. The number of anilines is 1. The summed E-state index contributed by atoms with van der Waals surface area (Å²) in [5, 5.41) is 26.9. The van der Waals surface area contributed by atoms with Crippen LogP contribution in [-0.2, 0) is 0 Å². The molecule has 5 heteroatoms. The fraction of sp³-hybridized carbons (Fsp3) is 0.250. The second-order valence-corrected chi connectivity index (χ2v) is 4.56. The number of hydrogen-bond acceptors (Lipinski definition) is 5. The lowest BCUT2D eigenvalue weighted by Crippen LogP contribution is -2.21. The van der Waals surface area contributed by atoms with Crippen LogP contribution in [0.15, 0.2) is 52.7 Å². The number of nitrogens with zero attached hydrogens (tertiary/aromatic N) is 3. The Hall–Kier alpha value is -2.56. The highest BCUT2D eigenvalue weighted by atomic mass is 16.3. The summed E-state index contributed by atoms with van der Waals surface area (Å²) in [6.45, 7) is 6.15. The molecule has 0 aromatic heterocycles. The largest absolute Gasteiger partial charge is 0.508 e. The quantitative estimate of drug-likeness (QED) is 0.802. The zero-order chi connectivity index (χ0) is 15.2. The van der Waals surface area contributed by atoms with Gasteiger partial charge in [-0.25, -0.2) is 0 Å². The van der Waals surface area contributed by atoms with Crippen molar-refractivity contribution in [3.63, 3.8) is 0 Å². The van der Waals surface area contributed by atoms with Crippen molar-refractivity contribution < 1.29 is 10.2 Å². The summed E-state index contributed by atoms with van der Waals surface area (Å²) >= 11 is 0. The van der Waals surface area contributed by atoms with Gasteiger partial charge >= 0.3 is 0 Å². The molecule has 0 saturated carbocycles. The van der Waals surface area contributed by atoms with Gasteiger partial charge in [0.05, 0.1) is 5.69 Å². The highest BCUT2D eigenvalue weighted by molar-refractivity contribution is 5.55. The van der Waals surface area contributed by atoms with Crippen LogP contribution in [0.5, 0.6) is 11.5 Å². The molecule has 2 aromatic rings. The van der Waals surface area contributed by atoms with Crippen LogP contribution in [0.25, 0.3) is 0 Å². The topological polar surface area (TPSA) is 68.4 Å². The molecule has 0 bridgehead atoms. The molecule has 2 aromatic carbocycles. The van der Waals surface area contributed by atoms with Gasteiger partial charge in [0.25, 0.3) is 0 Å². The van der Waals surface area contributed by atoms with Gasteiger partial charge in [-0.05, 0) is 50.2 Å². The van der Waals surface area contributed by atoms with Gasteiger partial charge in [0.2, 0.25) is 0 Å². The molecular weight excluding hydrogens is 266 g/mol. The Kier molecular flexibility index (Phi) is 4.77. The number of azo groups is 1. The molecule has 110 valence electrons. The van der Waals surface area contributed by atoms with Crippen molar-refractivity contribution in [1.82, 2.24) is 0 Å². The first kappa shape index (κ1) is 14.8. The monoisotopic (exact) mass is 285 g/mol. The van der Waals surface area contributed by atoms with Crippen molar-refractivity contribution in [2.24, 2.45) is 10.2 Å². The lowest BCUT2D eigenvalue weighted by Gasteiger charge is -2.20. The van der Waals surface area contributed by atoms with Gasteiger partial charge in [0.15, 0.2) is 0 Å². The smallest absolute Gasteiger partial charge is 0.146 e. The molecule has 0 aliphatic heterocycles. The summed E-state index contributed by atoms with van der Waals surface area (Å²) in [5.74, 6) is -0.103. The van der Waals surface area contributed by atoms with E-state index in [9.17, 15) is 10.2 Å². The van der Waals surface area contributed by atoms with Gasteiger partial charge in [-0.2, -0.15) is 5.11 Å². The minimum Gasteiger partial charge on any atom is -0.508 e. The molecular formula is C16H19N3O2. The van der Waals surface area contributed by atoms with Gasteiger partial charge in [-0.1, -0.05) is 0 Å². The number of benzene rings is 2. The summed E-state index contributed by atoms with van der Waals surface area (Å²) in [7, 11) is 0. The van der Waals surface area contributed by atoms with E-state index in [0.29, 0.717) is 11.4 Å². The van der Waals surface area contributed by atoms with Crippen LogP contribution in [0.1, 0.15) is 13.8 Å². The van der Waals surface area contributed by atoms with Crippen molar-refractivity contribution in [3.05, 3.63) is 42.5 Å². The van der Waals surface area contributed by atoms with E-state index in [0.717, 1.165) is 18.8 Å². The fourth-order valence-electron chi connectivity index (χ4n) is 2.03. The first-order valence-electron chi connectivity index (χ1n) is 6.92. The maximum atomic E-state index is 9.63. The molecule has 0 spiro atoms. The second kappa shape index (κ2) is 6.74. The standard InChI is InChI=1S/C16H19N3O2/c1-3-19(4-2)13-7-5-12(6-8-13)17-18-15-10-9-14(20)11-16(15)21/h5-11,20-21H,3-4H2,1-2H3/b18-17+. The number of phenols is 2. The molecule has 0 fully saturated rings. The van der Waals surface area contributed by atoms with E-state index in [1.165, 1.54) is 18.2 Å². The minimum atomic E-state index is -0.0986. The second-order valence-electron chi connectivity index (χ2n) is 4.56. The molecule has 0 atom stereocenters. The van der Waals surface area contributed by atoms with E-state index >= 15 is 0 Å². The number of rotatable bonds is 5. The number of phenolic OH excluding ortho intramolecular Hbond substituents is 2. The lowest BCUT2D eigenvalue weighted by atomic mass is 10.2. The van der Waals surface area contributed by atoms with Gasteiger partial charge in [-0.3, -0.25) is 0 Å². The molecule has 0 aliphatic rings. The van der Waals surface area contributed by atoms with E-state index in [4.69, 9.17) is 0 Å². The summed E-state index contributed by atoms with van der Waals surface area (Å²) < 4.78 is 0. The third kappa shape index (κ3) is 3.72. The maximum absolute atomic E-state index is 9.63. The maximum Gasteiger partial charge on any atom is 0.146 e. The SMILES string of the molecule is CCN(CC)c1ccc(/N=N/c2ccc(O)cc2O)cc1. The zero-order valence-electron chi connectivity index (χ0n) is 12.2. The van der Waals surface area contributed by atoms with Crippen LogP contribution in [-0.4, -0.2) is 23.3 Å². The number of aromatic hydroxyl groups is 2. The summed E-state index contributed by atoms with van der Waals surface area (Å²) in [4.78, 5) is 2.24. The normalized spacial score (nSPS) is 11.0. The first-order chi connectivity index (χ1) is 10.1. The number of hydrogen-bond donors (Lipinski definition) is 2. The predicted molar refractivity (Wildman–Crippen MR) is 84.0 cm³/mol. The van der Waals surface area contributed by atoms with E-state index in [1.54, 1.807) is 0 Å². The highest BCUT2D eigenvalue weighted by Gasteiger charge is 2.02. The first-order valence-corrected chi connectivity index (χ1v) is 6.92. The Labute approximate surface area is 124 Å². The molecule has 5 nitrogen and oxygen atoms in total. The van der Waals surface area contributed by atoms with E-state index in [-0.39, 0.29) is 11.5 Å². The summed E-state index contributed by atoms with van der Waals surface area (Å²) in [6, 6.07) is 12.0. The minimum absolute atomic E-state index is 0.00461. The third-order valence-electron chi connectivity index (χ3n) is 3.21. The average Bonchev–Trinajstić information content (AvgIpc) is 2.49. The third-order valence-corrected chi connectivity index (χ3v) is 3.21. The molecule has 0 unspecified atom stereocenters. The van der Waals surface area contributed by atoms with E-state index in [1.807, 2.05) is 24.3 Å². The van der Waals surface area contributed by atoms with Crippen molar-refractivity contribution in [1.29, 1.82) is 0 Å².